The minimum absolute atomic E-state index is 0.541. The van der Waals surface area contributed by atoms with Crippen molar-refractivity contribution < 1.29 is 4.42 Å². The highest BCUT2D eigenvalue weighted by atomic mass is 16.3. The summed E-state index contributed by atoms with van der Waals surface area (Å²) in [6.07, 6.45) is 0. The minimum Gasteiger partial charge on any atom is -0.455 e. The van der Waals surface area contributed by atoms with Gasteiger partial charge in [-0.05, 0) is 57.8 Å². The first-order valence-corrected chi connectivity index (χ1v) is 22.6. The van der Waals surface area contributed by atoms with Gasteiger partial charge in [-0.3, -0.25) is 4.57 Å². The Kier molecular flexibility index (Phi) is 8.18. The first-order chi connectivity index (χ1) is 33.2. The van der Waals surface area contributed by atoms with Gasteiger partial charge in [-0.15, -0.1) is 0 Å². The summed E-state index contributed by atoms with van der Waals surface area (Å²) >= 11 is 0. The van der Waals surface area contributed by atoms with Crippen molar-refractivity contribution in [2.45, 2.75) is 0 Å². The third kappa shape index (κ3) is 5.80. The van der Waals surface area contributed by atoms with E-state index in [0.717, 1.165) is 99.1 Å². The molecule has 0 aliphatic carbocycles. The molecule has 0 aliphatic rings. The normalized spacial score (nSPS) is 11.9. The van der Waals surface area contributed by atoms with Crippen molar-refractivity contribution in [3.05, 3.63) is 224 Å². The Morgan fingerprint density at radius 1 is 0.328 bits per heavy atom. The number of furan rings is 1. The van der Waals surface area contributed by atoms with Gasteiger partial charge < -0.3 is 8.98 Å². The molecule has 0 saturated carbocycles. The van der Waals surface area contributed by atoms with Crippen molar-refractivity contribution in [2.75, 3.05) is 0 Å². The summed E-state index contributed by atoms with van der Waals surface area (Å²) in [5.41, 5.74) is 13.2. The molecule has 0 unspecified atom stereocenters. The van der Waals surface area contributed by atoms with Gasteiger partial charge in [0.1, 0.15) is 11.2 Å². The molecular weight excluding hydrogens is 819 g/mol. The standard InChI is InChI=1S/C61H37N5O/c1-3-16-39(17-4-1)51-36-43(37-52-48-25-11-14-29-55(48)67-58(51)52)65-53-27-12-9-23-46(53)49-34-35-50-47-24-10-13-28-54(47)66(57(50)56(49)65)61-63-59(41-19-5-2-6-20-41)62-60(64-61)42-32-30-40(31-33-42)45-26-15-21-38-18-7-8-22-44(38)45/h1-37H. The SMILES string of the molecule is c1ccc(-c2nc(-c3ccc(-c4cccc5ccccc45)cc3)nc(-n3c4ccccc4c4ccc5c6ccccc6n(-c6cc(-c7ccccc7)c7oc8ccccc8c7c6)c5c43)n2)cc1. The third-order valence-corrected chi connectivity index (χ3v) is 13.4. The lowest BCUT2D eigenvalue weighted by molar-refractivity contribution is 0.670. The van der Waals surface area contributed by atoms with Gasteiger partial charge in [0.15, 0.2) is 11.6 Å². The number of hydrogen-bond acceptors (Lipinski definition) is 4. The zero-order valence-corrected chi connectivity index (χ0v) is 36.0. The van der Waals surface area contributed by atoms with E-state index in [2.05, 4.69) is 209 Å². The molecule has 0 N–H and O–H groups in total. The van der Waals surface area contributed by atoms with Crippen molar-refractivity contribution >= 4 is 76.3 Å². The van der Waals surface area contributed by atoms with Crippen LogP contribution in [0.1, 0.15) is 0 Å². The smallest absolute Gasteiger partial charge is 0.238 e. The summed E-state index contributed by atoms with van der Waals surface area (Å²) in [4.78, 5) is 16.0. The lowest BCUT2D eigenvalue weighted by atomic mass is 9.97. The first-order valence-electron chi connectivity index (χ1n) is 22.6. The molecule has 4 aromatic heterocycles. The number of aromatic nitrogens is 5. The van der Waals surface area contributed by atoms with Crippen LogP contribution in [0.5, 0.6) is 0 Å². The molecular formula is C61H37N5O. The summed E-state index contributed by atoms with van der Waals surface area (Å²) in [7, 11) is 0. The maximum absolute atomic E-state index is 6.68. The van der Waals surface area contributed by atoms with Gasteiger partial charge in [-0.1, -0.05) is 194 Å². The topological polar surface area (TPSA) is 61.7 Å². The molecule has 4 heterocycles. The minimum atomic E-state index is 0.541. The number of rotatable bonds is 6. The fraction of sp³-hybridized carbons (Fsp3) is 0. The van der Waals surface area contributed by atoms with Gasteiger partial charge in [0.05, 0.1) is 22.1 Å². The van der Waals surface area contributed by atoms with Crippen molar-refractivity contribution in [2.24, 2.45) is 0 Å². The maximum Gasteiger partial charge on any atom is 0.238 e. The van der Waals surface area contributed by atoms with Crippen LogP contribution in [0.4, 0.5) is 0 Å². The summed E-state index contributed by atoms with van der Waals surface area (Å²) in [6.45, 7) is 0. The van der Waals surface area contributed by atoms with Crippen LogP contribution in [-0.4, -0.2) is 24.1 Å². The highest BCUT2D eigenvalue weighted by Crippen LogP contribution is 2.44. The van der Waals surface area contributed by atoms with E-state index >= 15 is 0 Å². The number of nitrogens with zero attached hydrogens (tertiary/aromatic N) is 5. The Bertz CT molecular complexity index is 4250. The Hall–Kier alpha value is -9.13. The highest BCUT2D eigenvalue weighted by molar-refractivity contribution is 6.24. The molecule has 0 fully saturated rings. The van der Waals surface area contributed by atoms with Crippen LogP contribution in [0.15, 0.2) is 229 Å². The summed E-state index contributed by atoms with van der Waals surface area (Å²) < 4.78 is 11.4. The fourth-order valence-electron chi connectivity index (χ4n) is 10.3. The van der Waals surface area contributed by atoms with E-state index in [4.69, 9.17) is 19.4 Å². The monoisotopic (exact) mass is 855 g/mol. The van der Waals surface area contributed by atoms with Crippen LogP contribution in [0.3, 0.4) is 0 Å². The molecule has 0 atom stereocenters. The van der Waals surface area contributed by atoms with Crippen molar-refractivity contribution in [1.29, 1.82) is 0 Å². The predicted molar refractivity (Wildman–Crippen MR) is 275 cm³/mol. The molecule has 0 spiro atoms. The van der Waals surface area contributed by atoms with E-state index in [0.29, 0.717) is 17.6 Å². The molecule has 14 rings (SSSR count). The van der Waals surface area contributed by atoms with Crippen molar-refractivity contribution in [3.63, 3.8) is 0 Å². The molecule has 312 valence electrons. The predicted octanol–water partition coefficient (Wildman–Crippen LogP) is 15.8. The zero-order valence-electron chi connectivity index (χ0n) is 36.0. The van der Waals surface area contributed by atoms with Gasteiger partial charge in [0.2, 0.25) is 5.95 Å². The van der Waals surface area contributed by atoms with Gasteiger partial charge in [-0.25, -0.2) is 4.98 Å². The largest absolute Gasteiger partial charge is 0.455 e. The van der Waals surface area contributed by atoms with E-state index < -0.39 is 0 Å². The molecule has 67 heavy (non-hydrogen) atoms. The Morgan fingerprint density at radius 2 is 0.851 bits per heavy atom. The van der Waals surface area contributed by atoms with Crippen LogP contribution < -0.4 is 0 Å². The number of fused-ring (bicyclic) bond motifs is 11. The summed E-state index contributed by atoms with van der Waals surface area (Å²) in [5, 5.41) is 9.07. The van der Waals surface area contributed by atoms with Crippen molar-refractivity contribution in [3.8, 4) is 56.7 Å². The Labute approximate surface area is 384 Å². The molecule has 6 nitrogen and oxygen atoms in total. The van der Waals surface area contributed by atoms with E-state index in [1.54, 1.807) is 0 Å². The molecule has 6 heteroatoms. The molecule has 14 aromatic rings. The highest BCUT2D eigenvalue weighted by Gasteiger charge is 2.25. The molecule has 0 bridgehead atoms. The molecule has 10 aromatic carbocycles. The second kappa shape index (κ2) is 14.7. The van der Waals surface area contributed by atoms with E-state index in [-0.39, 0.29) is 0 Å². The van der Waals surface area contributed by atoms with E-state index in [1.807, 2.05) is 24.3 Å². The number of benzene rings is 10. The Balaban J connectivity index is 1.06. The number of hydrogen-bond donors (Lipinski definition) is 0. The van der Waals surface area contributed by atoms with Crippen molar-refractivity contribution in [1.82, 2.24) is 24.1 Å². The average molecular weight is 856 g/mol. The van der Waals surface area contributed by atoms with Gasteiger partial charge in [0.25, 0.3) is 0 Å². The fourth-order valence-corrected chi connectivity index (χ4v) is 10.3. The Morgan fingerprint density at radius 3 is 1.57 bits per heavy atom. The van der Waals surface area contributed by atoms with Crippen LogP contribution >= 0.6 is 0 Å². The number of para-hydroxylation sites is 3. The second-order valence-electron chi connectivity index (χ2n) is 17.1. The third-order valence-electron chi connectivity index (χ3n) is 13.4. The molecule has 0 aliphatic heterocycles. The molecule has 0 radical (unpaired) electrons. The van der Waals surface area contributed by atoms with E-state index in [9.17, 15) is 0 Å². The van der Waals surface area contributed by atoms with Crippen LogP contribution in [0.25, 0.3) is 133 Å². The summed E-state index contributed by atoms with van der Waals surface area (Å²) in [5.74, 6) is 1.73. The van der Waals surface area contributed by atoms with Gasteiger partial charge in [0, 0.05) is 54.7 Å². The zero-order chi connectivity index (χ0) is 44.0. The van der Waals surface area contributed by atoms with Crippen LogP contribution in [0.2, 0.25) is 0 Å². The molecule has 0 saturated heterocycles. The van der Waals surface area contributed by atoms with Gasteiger partial charge in [-0.2, -0.15) is 9.97 Å². The lowest BCUT2D eigenvalue weighted by Crippen LogP contribution is -2.07. The molecule has 0 amide bonds. The summed E-state index contributed by atoms with van der Waals surface area (Å²) in [6, 6.07) is 79.1. The first kappa shape index (κ1) is 37.3. The second-order valence-corrected chi connectivity index (χ2v) is 17.1. The maximum atomic E-state index is 6.68. The van der Waals surface area contributed by atoms with Crippen LogP contribution in [0, 0.1) is 0 Å². The quantitative estimate of drug-likeness (QED) is 0.167. The van der Waals surface area contributed by atoms with Crippen LogP contribution in [-0.2, 0) is 0 Å². The van der Waals surface area contributed by atoms with Gasteiger partial charge >= 0.3 is 0 Å². The van der Waals surface area contributed by atoms with E-state index in [1.165, 1.54) is 16.3 Å². The average Bonchev–Trinajstić information content (AvgIpc) is 4.07. The lowest BCUT2D eigenvalue weighted by Gasteiger charge is -2.14.